The van der Waals surface area contributed by atoms with Crippen LogP contribution in [0.4, 0.5) is 0 Å². The van der Waals surface area contributed by atoms with Crippen LogP contribution >= 0.6 is 0 Å². The third-order valence-electron chi connectivity index (χ3n) is 3.09. The maximum atomic E-state index is 11.7. The van der Waals surface area contributed by atoms with Crippen molar-refractivity contribution in [1.82, 2.24) is 10.2 Å². The molecule has 0 aliphatic heterocycles. The van der Waals surface area contributed by atoms with E-state index in [9.17, 15) is 4.79 Å². The van der Waals surface area contributed by atoms with Crippen molar-refractivity contribution in [1.29, 1.82) is 0 Å². The van der Waals surface area contributed by atoms with E-state index in [1.807, 2.05) is 19.2 Å². The standard InChI is InChI=1S/C15H24N2O2/c1-11(2)13-8-12(6-7-14(13)19-5)10-17(4)15(18)9-16-3/h6-8,11,16H,9-10H2,1-5H3. The van der Waals surface area contributed by atoms with Gasteiger partial charge >= 0.3 is 0 Å². The van der Waals surface area contributed by atoms with E-state index >= 15 is 0 Å². The summed E-state index contributed by atoms with van der Waals surface area (Å²) in [5.41, 5.74) is 2.30. The van der Waals surface area contributed by atoms with Crippen molar-refractivity contribution in [2.45, 2.75) is 26.3 Å². The second kappa shape index (κ2) is 7.14. The number of nitrogens with zero attached hydrogens (tertiary/aromatic N) is 1. The second-order valence-electron chi connectivity index (χ2n) is 5.01. The Kier molecular flexibility index (Phi) is 5.83. The maximum absolute atomic E-state index is 11.7. The normalized spacial score (nSPS) is 10.6. The lowest BCUT2D eigenvalue weighted by Crippen LogP contribution is -2.33. The lowest BCUT2D eigenvalue weighted by atomic mass is 9.99. The molecular weight excluding hydrogens is 240 g/mol. The van der Waals surface area contributed by atoms with Crippen LogP contribution in [-0.4, -0.2) is 38.6 Å². The van der Waals surface area contributed by atoms with E-state index in [0.29, 0.717) is 19.0 Å². The number of benzene rings is 1. The molecule has 0 spiro atoms. The molecule has 0 fully saturated rings. The van der Waals surface area contributed by atoms with Gasteiger partial charge < -0.3 is 15.0 Å². The summed E-state index contributed by atoms with van der Waals surface area (Å²) < 4.78 is 5.36. The largest absolute Gasteiger partial charge is 0.496 e. The third kappa shape index (κ3) is 4.24. The first-order chi connectivity index (χ1) is 8.99. The quantitative estimate of drug-likeness (QED) is 0.854. The highest BCUT2D eigenvalue weighted by atomic mass is 16.5. The highest BCUT2D eigenvalue weighted by Crippen LogP contribution is 2.27. The number of carbonyl (C=O) groups excluding carboxylic acids is 1. The topological polar surface area (TPSA) is 41.6 Å². The summed E-state index contributed by atoms with van der Waals surface area (Å²) in [5, 5.41) is 2.87. The molecule has 1 amide bonds. The Morgan fingerprint density at radius 2 is 2.11 bits per heavy atom. The minimum atomic E-state index is 0.0874. The summed E-state index contributed by atoms with van der Waals surface area (Å²) in [7, 11) is 5.28. The molecule has 106 valence electrons. The van der Waals surface area contributed by atoms with Crippen LogP contribution in [0.25, 0.3) is 0 Å². The van der Waals surface area contributed by atoms with Crippen LogP contribution in [0, 0.1) is 0 Å². The molecule has 0 unspecified atom stereocenters. The van der Waals surface area contributed by atoms with Gasteiger partial charge in [-0.1, -0.05) is 26.0 Å². The smallest absolute Gasteiger partial charge is 0.236 e. The average Bonchev–Trinajstić information content (AvgIpc) is 2.38. The van der Waals surface area contributed by atoms with Gasteiger partial charge in [0.05, 0.1) is 13.7 Å². The first-order valence-corrected chi connectivity index (χ1v) is 6.55. The minimum absolute atomic E-state index is 0.0874. The average molecular weight is 264 g/mol. The lowest BCUT2D eigenvalue weighted by molar-refractivity contribution is -0.129. The van der Waals surface area contributed by atoms with Crippen molar-refractivity contribution < 1.29 is 9.53 Å². The monoisotopic (exact) mass is 264 g/mol. The van der Waals surface area contributed by atoms with Gasteiger partial charge in [0.15, 0.2) is 0 Å². The van der Waals surface area contributed by atoms with Gasteiger partial charge in [-0.25, -0.2) is 0 Å². The molecule has 0 radical (unpaired) electrons. The van der Waals surface area contributed by atoms with E-state index in [0.717, 1.165) is 11.3 Å². The predicted octanol–water partition coefficient (Wildman–Crippen LogP) is 2.00. The van der Waals surface area contributed by atoms with Crippen molar-refractivity contribution in [2.75, 3.05) is 27.7 Å². The fourth-order valence-electron chi connectivity index (χ4n) is 1.98. The molecule has 0 saturated heterocycles. The first kappa shape index (κ1) is 15.5. The number of rotatable bonds is 6. The van der Waals surface area contributed by atoms with Gasteiger partial charge in [-0.3, -0.25) is 4.79 Å². The summed E-state index contributed by atoms with van der Waals surface area (Å²) in [5.74, 6) is 1.39. The number of likely N-dealkylation sites (N-methyl/N-ethyl adjacent to an activating group) is 2. The van der Waals surface area contributed by atoms with Crippen molar-refractivity contribution in [3.8, 4) is 5.75 Å². The molecule has 1 rings (SSSR count). The molecule has 0 aliphatic rings. The van der Waals surface area contributed by atoms with E-state index < -0.39 is 0 Å². The maximum Gasteiger partial charge on any atom is 0.236 e. The molecule has 4 heteroatoms. The number of amides is 1. The van der Waals surface area contributed by atoms with Crippen LogP contribution < -0.4 is 10.1 Å². The number of methoxy groups -OCH3 is 1. The van der Waals surface area contributed by atoms with Crippen LogP contribution in [-0.2, 0) is 11.3 Å². The summed E-state index contributed by atoms with van der Waals surface area (Å²) in [6.07, 6.45) is 0. The summed E-state index contributed by atoms with van der Waals surface area (Å²) >= 11 is 0. The van der Waals surface area contributed by atoms with Gasteiger partial charge in [0.2, 0.25) is 5.91 Å². The minimum Gasteiger partial charge on any atom is -0.496 e. The Morgan fingerprint density at radius 3 is 2.63 bits per heavy atom. The van der Waals surface area contributed by atoms with E-state index in [4.69, 9.17) is 4.74 Å². The van der Waals surface area contributed by atoms with Gasteiger partial charge in [-0.15, -0.1) is 0 Å². The number of nitrogens with one attached hydrogen (secondary N) is 1. The van der Waals surface area contributed by atoms with Crippen molar-refractivity contribution in [2.24, 2.45) is 0 Å². The Morgan fingerprint density at radius 1 is 1.42 bits per heavy atom. The van der Waals surface area contributed by atoms with E-state index in [-0.39, 0.29) is 5.91 Å². The molecular formula is C15H24N2O2. The molecule has 0 heterocycles. The molecule has 1 aromatic carbocycles. The number of hydrogen-bond acceptors (Lipinski definition) is 3. The Bertz CT molecular complexity index is 430. The van der Waals surface area contributed by atoms with Crippen LogP contribution in [0.3, 0.4) is 0 Å². The summed E-state index contributed by atoms with van der Waals surface area (Å²) in [6.45, 7) is 5.25. The zero-order valence-electron chi connectivity index (χ0n) is 12.5. The molecule has 0 aromatic heterocycles. The lowest BCUT2D eigenvalue weighted by Gasteiger charge is -2.19. The zero-order chi connectivity index (χ0) is 14.4. The van der Waals surface area contributed by atoms with Crippen LogP contribution in [0.5, 0.6) is 5.75 Å². The first-order valence-electron chi connectivity index (χ1n) is 6.55. The SMILES string of the molecule is CNCC(=O)N(C)Cc1ccc(OC)c(C(C)C)c1. The van der Waals surface area contributed by atoms with Crippen LogP contribution in [0.1, 0.15) is 30.9 Å². The van der Waals surface area contributed by atoms with E-state index in [2.05, 4.69) is 25.2 Å². The highest BCUT2D eigenvalue weighted by Gasteiger charge is 2.11. The molecule has 1 N–H and O–H groups in total. The zero-order valence-corrected chi connectivity index (χ0v) is 12.5. The number of ether oxygens (including phenoxy) is 1. The van der Waals surface area contributed by atoms with E-state index in [1.165, 1.54) is 5.56 Å². The molecule has 1 aromatic rings. The van der Waals surface area contributed by atoms with Gasteiger partial charge in [0.25, 0.3) is 0 Å². The van der Waals surface area contributed by atoms with Crippen molar-refractivity contribution >= 4 is 5.91 Å². The van der Waals surface area contributed by atoms with Gasteiger partial charge in [0.1, 0.15) is 5.75 Å². The van der Waals surface area contributed by atoms with E-state index in [1.54, 1.807) is 19.1 Å². The van der Waals surface area contributed by atoms with Crippen LogP contribution in [0.2, 0.25) is 0 Å². The molecule has 0 bridgehead atoms. The van der Waals surface area contributed by atoms with Gasteiger partial charge in [0, 0.05) is 13.6 Å². The molecule has 0 saturated carbocycles. The summed E-state index contributed by atoms with van der Waals surface area (Å²) in [4.78, 5) is 13.5. The molecule has 19 heavy (non-hydrogen) atoms. The fourth-order valence-corrected chi connectivity index (χ4v) is 1.98. The van der Waals surface area contributed by atoms with Gasteiger partial charge in [-0.2, -0.15) is 0 Å². The van der Waals surface area contributed by atoms with Crippen molar-refractivity contribution in [3.63, 3.8) is 0 Å². The van der Waals surface area contributed by atoms with Gasteiger partial charge in [-0.05, 0) is 30.2 Å². The molecule has 0 aliphatic carbocycles. The number of carbonyl (C=O) groups is 1. The number of hydrogen-bond donors (Lipinski definition) is 1. The second-order valence-corrected chi connectivity index (χ2v) is 5.01. The molecule has 4 nitrogen and oxygen atoms in total. The summed E-state index contributed by atoms with van der Waals surface area (Å²) in [6, 6.07) is 6.10. The third-order valence-corrected chi connectivity index (χ3v) is 3.09. The molecule has 0 atom stereocenters. The predicted molar refractivity (Wildman–Crippen MR) is 77.5 cm³/mol. The highest BCUT2D eigenvalue weighted by molar-refractivity contribution is 5.77. The Balaban J connectivity index is 2.85. The Hall–Kier alpha value is -1.55. The van der Waals surface area contributed by atoms with Crippen molar-refractivity contribution in [3.05, 3.63) is 29.3 Å². The Labute approximate surface area is 115 Å². The fraction of sp³-hybridized carbons (Fsp3) is 0.533. The van der Waals surface area contributed by atoms with Crippen LogP contribution in [0.15, 0.2) is 18.2 Å².